The Morgan fingerprint density at radius 2 is 1.90 bits per heavy atom. The molecule has 3 atom stereocenters. The molecule has 2 aliphatic carbocycles. The SMILES string of the molecule is Nc1ncc(-c2cc([C@H]3[C@@H]4CN(C5COC5)C[C@@H]43)n(C3CCC3)n2)cc1OC(F)F. The van der Waals surface area contributed by atoms with Crippen molar-refractivity contribution in [2.24, 2.45) is 11.8 Å². The van der Waals surface area contributed by atoms with Crippen LogP contribution in [0.1, 0.15) is 36.9 Å². The predicted molar refractivity (Wildman–Crippen MR) is 105 cm³/mol. The fourth-order valence-electron chi connectivity index (χ4n) is 5.24. The number of ether oxygens (including phenoxy) is 2. The van der Waals surface area contributed by atoms with Gasteiger partial charge in [0.05, 0.1) is 31.0 Å². The Morgan fingerprint density at radius 1 is 1.13 bits per heavy atom. The third-order valence-corrected chi connectivity index (χ3v) is 7.28. The van der Waals surface area contributed by atoms with Gasteiger partial charge in [-0.15, -0.1) is 0 Å². The van der Waals surface area contributed by atoms with Gasteiger partial charge in [0.1, 0.15) is 0 Å². The molecule has 0 unspecified atom stereocenters. The molecule has 2 aromatic rings. The zero-order valence-corrected chi connectivity index (χ0v) is 16.6. The molecular formula is C21H25F2N5O2. The molecule has 0 bridgehead atoms. The van der Waals surface area contributed by atoms with E-state index in [1.807, 2.05) is 0 Å². The number of rotatable bonds is 6. The van der Waals surface area contributed by atoms with Gasteiger partial charge in [-0.05, 0) is 43.2 Å². The number of hydrogen-bond acceptors (Lipinski definition) is 6. The Morgan fingerprint density at radius 3 is 2.50 bits per heavy atom. The first-order valence-corrected chi connectivity index (χ1v) is 10.7. The molecule has 9 heteroatoms. The van der Waals surface area contributed by atoms with E-state index in [0.29, 0.717) is 35.4 Å². The van der Waals surface area contributed by atoms with E-state index in [2.05, 4.69) is 25.4 Å². The fourth-order valence-corrected chi connectivity index (χ4v) is 5.24. The third kappa shape index (κ3) is 2.98. The molecule has 2 N–H and O–H groups in total. The van der Waals surface area contributed by atoms with Crippen molar-refractivity contribution in [3.63, 3.8) is 0 Å². The van der Waals surface area contributed by atoms with Crippen molar-refractivity contribution in [2.45, 2.75) is 43.9 Å². The highest BCUT2D eigenvalue weighted by Gasteiger charge is 2.59. The minimum absolute atomic E-state index is 0.0468. The van der Waals surface area contributed by atoms with E-state index in [9.17, 15) is 8.78 Å². The van der Waals surface area contributed by atoms with Gasteiger partial charge in [-0.2, -0.15) is 13.9 Å². The average molecular weight is 417 g/mol. The van der Waals surface area contributed by atoms with Gasteiger partial charge in [-0.25, -0.2) is 4.98 Å². The number of aromatic nitrogens is 3. The molecule has 30 heavy (non-hydrogen) atoms. The molecule has 0 aromatic carbocycles. The van der Waals surface area contributed by atoms with Crippen LogP contribution in [-0.4, -0.2) is 58.6 Å². The molecule has 0 spiro atoms. The number of pyridine rings is 1. The van der Waals surface area contributed by atoms with E-state index < -0.39 is 6.61 Å². The van der Waals surface area contributed by atoms with Crippen molar-refractivity contribution in [1.82, 2.24) is 19.7 Å². The van der Waals surface area contributed by atoms with Crippen molar-refractivity contribution in [3.8, 4) is 17.0 Å². The van der Waals surface area contributed by atoms with Crippen LogP contribution < -0.4 is 10.5 Å². The Balaban J connectivity index is 1.28. The maximum atomic E-state index is 12.7. The van der Waals surface area contributed by atoms with Crippen molar-refractivity contribution in [1.29, 1.82) is 0 Å². The summed E-state index contributed by atoms with van der Waals surface area (Å²) in [5.74, 6) is 1.73. The molecule has 4 fully saturated rings. The molecular weight excluding hydrogens is 392 g/mol. The average Bonchev–Trinajstić information content (AvgIpc) is 2.97. The molecule has 2 saturated carbocycles. The van der Waals surface area contributed by atoms with Gasteiger partial charge in [0.25, 0.3) is 0 Å². The number of nitrogens with zero attached hydrogens (tertiary/aromatic N) is 4. The quantitative estimate of drug-likeness (QED) is 0.779. The van der Waals surface area contributed by atoms with Crippen molar-refractivity contribution >= 4 is 5.82 Å². The summed E-state index contributed by atoms with van der Waals surface area (Å²) in [5, 5.41) is 4.88. The molecule has 7 nitrogen and oxygen atoms in total. The first kappa shape index (κ1) is 18.5. The zero-order chi connectivity index (χ0) is 20.4. The highest BCUT2D eigenvalue weighted by Crippen LogP contribution is 2.59. The van der Waals surface area contributed by atoms with Gasteiger partial charge in [-0.1, -0.05) is 0 Å². The number of anilines is 1. The van der Waals surface area contributed by atoms with Gasteiger partial charge in [0.2, 0.25) is 0 Å². The van der Waals surface area contributed by atoms with Gasteiger partial charge in [0.15, 0.2) is 11.6 Å². The van der Waals surface area contributed by atoms with Crippen LogP contribution in [0.15, 0.2) is 18.3 Å². The first-order valence-electron chi connectivity index (χ1n) is 10.7. The van der Waals surface area contributed by atoms with E-state index in [0.717, 1.165) is 44.8 Å². The molecule has 2 saturated heterocycles. The maximum Gasteiger partial charge on any atom is 0.387 e. The molecule has 0 radical (unpaired) electrons. The monoisotopic (exact) mass is 417 g/mol. The molecule has 4 heterocycles. The van der Waals surface area contributed by atoms with Crippen LogP contribution in [0.5, 0.6) is 5.75 Å². The lowest BCUT2D eigenvalue weighted by Crippen LogP contribution is -2.48. The van der Waals surface area contributed by atoms with Gasteiger partial charge in [0, 0.05) is 36.5 Å². The van der Waals surface area contributed by atoms with Crippen LogP contribution in [0, 0.1) is 11.8 Å². The minimum Gasteiger partial charge on any atom is -0.431 e. The van der Waals surface area contributed by atoms with Crippen LogP contribution in [0.25, 0.3) is 11.3 Å². The summed E-state index contributed by atoms with van der Waals surface area (Å²) < 4.78 is 37.4. The molecule has 2 aliphatic heterocycles. The lowest BCUT2D eigenvalue weighted by Gasteiger charge is -2.36. The largest absolute Gasteiger partial charge is 0.431 e. The number of likely N-dealkylation sites (tertiary alicyclic amines) is 1. The summed E-state index contributed by atoms with van der Waals surface area (Å²) in [4.78, 5) is 6.61. The van der Waals surface area contributed by atoms with E-state index in [1.54, 1.807) is 6.20 Å². The van der Waals surface area contributed by atoms with Crippen LogP contribution in [0.2, 0.25) is 0 Å². The second kappa shape index (κ2) is 6.88. The molecule has 0 amide bonds. The smallest absolute Gasteiger partial charge is 0.387 e. The number of alkyl halides is 2. The summed E-state index contributed by atoms with van der Waals surface area (Å²) in [6.45, 7) is 1.04. The lowest BCUT2D eigenvalue weighted by atomic mass is 9.93. The zero-order valence-electron chi connectivity index (χ0n) is 16.6. The maximum absolute atomic E-state index is 12.7. The summed E-state index contributed by atoms with van der Waals surface area (Å²) >= 11 is 0. The van der Waals surface area contributed by atoms with Gasteiger partial charge >= 0.3 is 6.61 Å². The summed E-state index contributed by atoms with van der Waals surface area (Å²) in [6.07, 6.45) is 5.09. The fraction of sp³-hybridized carbons (Fsp3) is 0.619. The van der Waals surface area contributed by atoms with Crippen molar-refractivity contribution < 1.29 is 18.3 Å². The second-order valence-electron chi connectivity index (χ2n) is 8.97. The molecule has 6 rings (SSSR count). The first-order chi connectivity index (χ1) is 14.6. The summed E-state index contributed by atoms with van der Waals surface area (Å²) in [5.41, 5.74) is 8.37. The van der Waals surface area contributed by atoms with Gasteiger partial charge in [-0.3, -0.25) is 9.58 Å². The number of hydrogen-bond donors (Lipinski definition) is 1. The standard InChI is InChI=1S/C21H25F2N5O2/c22-21(23)30-18-4-11(6-25-20(18)24)16-5-17(28(26-16)12-2-1-3-12)19-14-7-27(8-15(14)19)13-9-29-10-13/h4-6,12-15,19,21H,1-3,7-10H2,(H2,24,25)/t14-,15+,19+. The summed E-state index contributed by atoms with van der Waals surface area (Å²) in [7, 11) is 0. The number of nitrogens with two attached hydrogens (primary N) is 1. The number of piperidine rings is 1. The Hall–Kier alpha value is -2.26. The predicted octanol–water partition coefficient (Wildman–Crippen LogP) is 2.90. The molecule has 160 valence electrons. The highest BCUT2D eigenvalue weighted by molar-refractivity contribution is 5.64. The van der Waals surface area contributed by atoms with E-state index >= 15 is 0 Å². The second-order valence-corrected chi connectivity index (χ2v) is 8.97. The topological polar surface area (TPSA) is 78.4 Å². The van der Waals surface area contributed by atoms with Crippen LogP contribution in [0.3, 0.4) is 0 Å². The minimum atomic E-state index is -2.94. The lowest BCUT2D eigenvalue weighted by molar-refractivity contribution is -0.0610. The Labute approximate surface area is 173 Å². The summed E-state index contributed by atoms with van der Waals surface area (Å²) in [6, 6.07) is 4.67. The van der Waals surface area contributed by atoms with Gasteiger partial charge < -0.3 is 15.2 Å². The van der Waals surface area contributed by atoms with E-state index in [4.69, 9.17) is 15.6 Å². The van der Waals surface area contributed by atoms with Crippen molar-refractivity contribution in [3.05, 3.63) is 24.0 Å². The molecule has 2 aromatic heterocycles. The highest BCUT2D eigenvalue weighted by atomic mass is 19.3. The Bertz CT molecular complexity index is 947. The number of halogens is 2. The normalized spacial score (nSPS) is 29.0. The third-order valence-electron chi connectivity index (χ3n) is 7.28. The van der Waals surface area contributed by atoms with Crippen LogP contribution in [0.4, 0.5) is 14.6 Å². The van der Waals surface area contributed by atoms with Crippen LogP contribution >= 0.6 is 0 Å². The van der Waals surface area contributed by atoms with Crippen LogP contribution in [-0.2, 0) is 4.74 Å². The number of fused-ring (bicyclic) bond motifs is 1. The molecule has 4 aliphatic rings. The number of nitrogen functional groups attached to an aromatic ring is 1. The Kier molecular flexibility index (Phi) is 4.24. The van der Waals surface area contributed by atoms with Crippen molar-refractivity contribution in [2.75, 3.05) is 32.0 Å². The van der Waals surface area contributed by atoms with E-state index in [1.165, 1.54) is 18.2 Å². The van der Waals surface area contributed by atoms with E-state index in [-0.39, 0.29) is 11.6 Å².